The highest BCUT2D eigenvalue weighted by Gasteiger charge is 2.07. The molecule has 4 heteroatoms. The molecule has 0 aliphatic carbocycles. The molecule has 102 valence electrons. The van der Waals surface area contributed by atoms with Crippen LogP contribution in [0.5, 0.6) is 0 Å². The molecule has 18 heavy (non-hydrogen) atoms. The smallest absolute Gasteiger partial charge is 0.124 e. The quantitative estimate of drug-likeness (QED) is 0.829. The van der Waals surface area contributed by atoms with Crippen molar-refractivity contribution in [3.05, 3.63) is 34.1 Å². The lowest BCUT2D eigenvalue weighted by atomic mass is 10.2. The first-order valence-corrected chi connectivity index (χ1v) is 7.22. The number of nitrogens with zero attached hydrogens (tertiary/aromatic N) is 1. The molecule has 2 nitrogen and oxygen atoms in total. The molecule has 0 bridgehead atoms. The van der Waals surface area contributed by atoms with E-state index >= 15 is 0 Å². The molecule has 0 heterocycles. The number of halogens is 2. The lowest BCUT2D eigenvalue weighted by molar-refractivity contribution is 0.275. The Morgan fingerprint density at radius 1 is 1.39 bits per heavy atom. The lowest BCUT2D eigenvalue weighted by Crippen LogP contribution is -2.34. The van der Waals surface area contributed by atoms with Crippen molar-refractivity contribution in [1.29, 1.82) is 0 Å². The number of nitrogens with one attached hydrogen (secondary N) is 1. The van der Waals surface area contributed by atoms with E-state index < -0.39 is 0 Å². The highest BCUT2D eigenvalue weighted by Crippen LogP contribution is 2.19. The molecule has 0 aliphatic heterocycles. The fourth-order valence-electron chi connectivity index (χ4n) is 1.75. The second-order valence-corrected chi connectivity index (χ2v) is 5.57. The summed E-state index contributed by atoms with van der Waals surface area (Å²) in [5, 5.41) is 3.41. The first-order chi connectivity index (χ1) is 8.52. The minimum atomic E-state index is -0.199. The minimum absolute atomic E-state index is 0.199. The summed E-state index contributed by atoms with van der Waals surface area (Å²) in [5.74, 6) is -0.199. The van der Waals surface area contributed by atoms with E-state index in [-0.39, 0.29) is 5.82 Å². The molecule has 0 radical (unpaired) electrons. The number of likely N-dealkylation sites (N-methyl/N-ethyl adjacent to an activating group) is 1. The lowest BCUT2D eigenvalue weighted by Gasteiger charge is -2.22. The van der Waals surface area contributed by atoms with E-state index in [4.69, 9.17) is 0 Å². The Kier molecular flexibility index (Phi) is 6.82. The molecule has 0 fully saturated rings. The normalized spacial score (nSPS) is 11.5. The molecule has 0 atom stereocenters. The van der Waals surface area contributed by atoms with Crippen LogP contribution in [0.4, 0.5) is 4.39 Å². The summed E-state index contributed by atoms with van der Waals surface area (Å²) in [7, 11) is 0. The Hall–Kier alpha value is -0.450. The average Bonchev–Trinajstić information content (AvgIpc) is 2.30. The number of rotatable bonds is 7. The van der Waals surface area contributed by atoms with Crippen molar-refractivity contribution < 1.29 is 4.39 Å². The maximum atomic E-state index is 13.0. The topological polar surface area (TPSA) is 15.3 Å². The van der Waals surface area contributed by atoms with E-state index in [0.29, 0.717) is 6.04 Å². The van der Waals surface area contributed by atoms with Crippen LogP contribution in [0.2, 0.25) is 0 Å². The Balaban J connectivity index is 2.51. The molecular formula is C14H22BrFN2. The predicted molar refractivity (Wildman–Crippen MR) is 78.2 cm³/mol. The minimum Gasteiger partial charge on any atom is -0.313 e. The van der Waals surface area contributed by atoms with Gasteiger partial charge < -0.3 is 5.32 Å². The van der Waals surface area contributed by atoms with Crippen molar-refractivity contribution in [2.24, 2.45) is 0 Å². The molecule has 1 N–H and O–H groups in total. The van der Waals surface area contributed by atoms with E-state index in [1.807, 2.05) is 6.07 Å². The van der Waals surface area contributed by atoms with Crippen molar-refractivity contribution in [2.75, 3.05) is 19.6 Å². The van der Waals surface area contributed by atoms with Gasteiger partial charge in [-0.25, -0.2) is 4.39 Å². The van der Waals surface area contributed by atoms with Crippen LogP contribution >= 0.6 is 15.9 Å². The van der Waals surface area contributed by atoms with Crippen LogP contribution in [0.3, 0.4) is 0 Å². The van der Waals surface area contributed by atoms with Gasteiger partial charge in [0.05, 0.1) is 0 Å². The first-order valence-electron chi connectivity index (χ1n) is 6.42. The van der Waals surface area contributed by atoms with Crippen LogP contribution in [0.15, 0.2) is 22.7 Å². The summed E-state index contributed by atoms with van der Waals surface area (Å²) in [5.41, 5.74) is 1.13. The van der Waals surface area contributed by atoms with E-state index in [2.05, 4.69) is 46.9 Å². The van der Waals surface area contributed by atoms with E-state index in [9.17, 15) is 4.39 Å². The fraction of sp³-hybridized carbons (Fsp3) is 0.571. The molecular weight excluding hydrogens is 295 g/mol. The first kappa shape index (κ1) is 15.6. The number of hydrogen-bond acceptors (Lipinski definition) is 2. The monoisotopic (exact) mass is 316 g/mol. The summed E-state index contributed by atoms with van der Waals surface area (Å²) in [4.78, 5) is 2.34. The van der Waals surface area contributed by atoms with Gasteiger partial charge in [0.15, 0.2) is 0 Å². The summed E-state index contributed by atoms with van der Waals surface area (Å²) in [6.45, 7) is 10.2. The van der Waals surface area contributed by atoms with E-state index in [1.165, 1.54) is 12.1 Å². The second-order valence-electron chi connectivity index (χ2n) is 4.71. The molecule has 1 rings (SSSR count). The van der Waals surface area contributed by atoms with Gasteiger partial charge in [0.25, 0.3) is 0 Å². The maximum Gasteiger partial charge on any atom is 0.124 e. The number of hydrogen-bond donors (Lipinski definition) is 1. The zero-order chi connectivity index (χ0) is 13.5. The van der Waals surface area contributed by atoms with Crippen LogP contribution in [0.1, 0.15) is 26.3 Å². The fourth-order valence-corrected chi connectivity index (χ4v) is 2.23. The van der Waals surface area contributed by atoms with Crippen molar-refractivity contribution >= 4 is 15.9 Å². The van der Waals surface area contributed by atoms with Crippen LogP contribution in [-0.2, 0) is 6.54 Å². The zero-order valence-electron chi connectivity index (χ0n) is 11.3. The number of benzene rings is 1. The standard InChI is InChI=1S/C14H22BrFN2/c1-4-18(8-7-17-11(2)3)10-12-5-6-13(16)9-14(12)15/h5-6,9,11,17H,4,7-8,10H2,1-3H3. The Morgan fingerprint density at radius 3 is 2.67 bits per heavy atom. The zero-order valence-corrected chi connectivity index (χ0v) is 12.9. The van der Waals surface area contributed by atoms with Crippen LogP contribution < -0.4 is 5.32 Å². The summed E-state index contributed by atoms with van der Waals surface area (Å²) >= 11 is 3.41. The van der Waals surface area contributed by atoms with Gasteiger partial charge in [-0.3, -0.25) is 4.90 Å². The molecule has 1 aromatic rings. The summed E-state index contributed by atoms with van der Waals surface area (Å²) in [6.07, 6.45) is 0. The molecule has 0 unspecified atom stereocenters. The molecule has 1 aromatic carbocycles. The third-order valence-electron chi connectivity index (χ3n) is 2.84. The van der Waals surface area contributed by atoms with Crippen LogP contribution in [0, 0.1) is 5.82 Å². The molecule has 0 amide bonds. The highest BCUT2D eigenvalue weighted by molar-refractivity contribution is 9.10. The third kappa shape index (κ3) is 5.46. The largest absolute Gasteiger partial charge is 0.313 e. The van der Waals surface area contributed by atoms with Crippen molar-refractivity contribution in [2.45, 2.75) is 33.4 Å². The van der Waals surface area contributed by atoms with Gasteiger partial charge in [0, 0.05) is 30.1 Å². The summed E-state index contributed by atoms with van der Waals surface area (Å²) < 4.78 is 13.8. The average molecular weight is 317 g/mol. The van der Waals surface area contributed by atoms with Gasteiger partial charge in [0.2, 0.25) is 0 Å². The molecule has 0 saturated carbocycles. The Morgan fingerprint density at radius 2 is 2.11 bits per heavy atom. The SMILES string of the molecule is CCN(CCNC(C)C)Cc1ccc(F)cc1Br. The van der Waals surface area contributed by atoms with E-state index in [1.54, 1.807) is 0 Å². The summed E-state index contributed by atoms with van der Waals surface area (Å²) in [6, 6.07) is 5.40. The maximum absolute atomic E-state index is 13.0. The molecule has 0 spiro atoms. The van der Waals surface area contributed by atoms with Gasteiger partial charge in [-0.2, -0.15) is 0 Å². The van der Waals surface area contributed by atoms with Crippen LogP contribution in [-0.4, -0.2) is 30.6 Å². The van der Waals surface area contributed by atoms with Gasteiger partial charge >= 0.3 is 0 Å². The van der Waals surface area contributed by atoms with Gasteiger partial charge in [-0.15, -0.1) is 0 Å². The third-order valence-corrected chi connectivity index (χ3v) is 3.58. The second kappa shape index (κ2) is 7.87. The van der Waals surface area contributed by atoms with Crippen molar-refractivity contribution in [1.82, 2.24) is 10.2 Å². The predicted octanol–water partition coefficient (Wildman–Crippen LogP) is 3.41. The van der Waals surface area contributed by atoms with Crippen molar-refractivity contribution in [3.8, 4) is 0 Å². The van der Waals surface area contributed by atoms with Gasteiger partial charge in [-0.05, 0) is 24.2 Å². The molecule has 0 aromatic heterocycles. The van der Waals surface area contributed by atoms with E-state index in [0.717, 1.165) is 36.2 Å². The van der Waals surface area contributed by atoms with Gasteiger partial charge in [0.1, 0.15) is 5.82 Å². The van der Waals surface area contributed by atoms with Crippen LogP contribution in [0.25, 0.3) is 0 Å². The van der Waals surface area contributed by atoms with Gasteiger partial charge in [-0.1, -0.05) is 42.8 Å². The Bertz CT molecular complexity index is 369. The molecule has 0 aliphatic rings. The highest BCUT2D eigenvalue weighted by atomic mass is 79.9. The Labute approximate surface area is 118 Å². The molecule has 0 saturated heterocycles. The van der Waals surface area contributed by atoms with Crippen molar-refractivity contribution in [3.63, 3.8) is 0 Å².